The average molecular weight is 588 g/mol. The largest absolute Gasteiger partial charge is 0.495 e. The summed E-state index contributed by atoms with van der Waals surface area (Å²) >= 11 is 0. The zero-order chi connectivity index (χ0) is 29.6. The van der Waals surface area contributed by atoms with Crippen molar-refractivity contribution in [1.82, 2.24) is 9.47 Å². The van der Waals surface area contributed by atoms with Gasteiger partial charge in [0.25, 0.3) is 0 Å². The zero-order valence-electron chi connectivity index (χ0n) is 22.9. The molecule has 41 heavy (non-hydrogen) atoms. The predicted octanol–water partition coefficient (Wildman–Crippen LogP) is 4.87. The predicted molar refractivity (Wildman–Crippen MR) is 153 cm³/mol. The van der Waals surface area contributed by atoms with Crippen molar-refractivity contribution < 1.29 is 26.3 Å². The van der Waals surface area contributed by atoms with Crippen LogP contribution in [0.3, 0.4) is 0 Å². The number of ether oxygens (including phenoxy) is 1. The van der Waals surface area contributed by atoms with E-state index in [-0.39, 0.29) is 23.2 Å². The molecule has 4 rings (SSSR count). The number of nitriles is 1. The molecule has 218 valence electrons. The van der Waals surface area contributed by atoms with Gasteiger partial charge >= 0.3 is 6.18 Å². The SMILES string of the molecule is COc1cc(S(C)(=O)=O)ccc1NCC#Cc1cc2c(NC3CCN(CCC#N)CC3)cccc2n1CC(F)(F)F. The van der Waals surface area contributed by atoms with Gasteiger partial charge < -0.3 is 24.8 Å². The molecule has 3 aromatic rings. The Kier molecular flexibility index (Phi) is 9.36. The summed E-state index contributed by atoms with van der Waals surface area (Å²) in [5, 5.41) is 16.0. The third kappa shape index (κ3) is 7.87. The van der Waals surface area contributed by atoms with E-state index in [2.05, 4.69) is 33.4 Å². The number of hydrogen-bond acceptors (Lipinski definition) is 7. The fourth-order valence-electron chi connectivity index (χ4n) is 4.91. The Balaban J connectivity index is 1.54. The highest BCUT2D eigenvalue weighted by Gasteiger charge is 2.30. The highest BCUT2D eigenvalue weighted by Crippen LogP contribution is 2.31. The summed E-state index contributed by atoms with van der Waals surface area (Å²) in [5.41, 5.74) is 1.94. The van der Waals surface area contributed by atoms with Gasteiger partial charge in [0.15, 0.2) is 9.84 Å². The normalized spacial score (nSPS) is 14.7. The second kappa shape index (κ2) is 12.8. The van der Waals surface area contributed by atoms with Gasteiger partial charge in [-0.15, -0.1) is 0 Å². The molecule has 0 amide bonds. The van der Waals surface area contributed by atoms with Crippen molar-refractivity contribution in [1.29, 1.82) is 5.26 Å². The van der Waals surface area contributed by atoms with Crippen LogP contribution in [-0.2, 0) is 16.4 Å². The number of sulfone groups is 1. The van der Waals surface area contributed by atoms with Crippen molar-refractivity contribution in [2.75, 3.05) is 50.2 Å². The second-order valence-electron chi connectivity index (χ2n) is 9.93. The van der Waals surface area contributed by atoms with Crippen LogP contribution in [0.5, 0.6) is 5.75 Å². The number of piperidine rings is 1. The molecule has 12 heteroatoms. The monoisotopic (exact) mass is 587 g/mol. The van der Waals surface area contributed by atoms with Crippen LogP contribution >= 0.6 is 0 Å². The van der Waals surface area contributed by atoms with E-state index >= 15 is 0 Å². The third-order valence-corrected chi connectivity index (χ3v) is 8.07. The fraction of sp³-hybridized carbons (Fsp3) is 0.414. The third-order valence-electron chi connectivity index (χ3n) is 6.96. The Morgan fingerprint density at radius 3 is 2.54 bits per heavy atom. The Labute approximate surface area is 238 Å². The van der Waals surface area contributed by atoms with Crippen molar-refractivity contribution in [2.24, 2.45) is 0 Å². The molecule has 1 aliphatic heterocycles. The maximum Gasteiger partial charge on any atom is 0.406 e. The number of rotatable bonds is 9. The zero-order valence-corrected chi connectivity index (χ0v) is 23.7. The summed E-state index contributed by atoms with van der Waals surface area (Å²) in [6.07, 6.45) is -1.10. The lowest BCUT2D eigenvalue weighted by molar-refractivity contribution is -0.140. The molecule has 0 bridgehead atoms. The number of fused-ring (bicyclic) bond motifs is 1. The molecule has 2 aromatic carbocycles. The van der Waals surface area contributed by atoms with E-state index in [0.29, 0.717) is 28.8 Å². The molecule has 0 saturated carbocycles. The minimum absolute atomic E-state index is 0.0948. The molecule has 1 saturated heterocycles. The van der Waals surface area contributed by atoms with Gasteiger partial charge in [0.1, 0.15) is 12.3 Å². The minimum atomic E-state index is -4.44. The number of halogens is 3. The second-order valence-corrected chi connectivity index (χ2v) is 11.9. The van der Waals surface area contributed by atoms with Crippen LogP contribution in [-0.4, -0.2) is 69.6 Å². The summed E-state index contributed by atoms with van der Waals surface area (Å²) < 4.78 is 70.8. The molecule has 0 atom stereocenters. The van der Waals surface area contributed by atoms with Crippen molar-refractivity contribution in [2.45, 2.75) is 42.9 Å². The van der Waals surface area contributed by atoms with E-state index in [4.69, 9.17) is 10.00 Å². The summed E-state index contributed by atoms with van der Waals surface area (Å²) in [5.74, 6) is 6.07. The quantitative estimate of drug-likeness (QED) is 0.345. The number of methoxy groups -OCH3 is 1. The molecule has 8 nitrogen and oxygen atoms in total. The van der Waals surface area contributed by atoms with Crippen LogP contribution in [0.1, 0.15) is 25.0 Å². The van der Waals surface area contributed by atoms with E-state index in [1.165, 1.54) is 23.8 Å². The number of nitrogens with one attached hydrogen (secondary N) is 2. The highest BCUT2D eigenvalue weighted by atomic mass is 32.2. The molecule has 2 N–H and O–H groups in total. The molecule has 1 aliphatic rings. The van der Waals surface area contributed by atoms with Gasteiger partial charge in [-0.25, -0.2) is 8.42 Å². The Morgan fingerprint density at radius 1 is 1.12 bits per heavy atom. The lowest BCUT2D eigenvalue weighted by Crippen LogP contribution is -2.39. The van der Waals surface area contributed by atoms with Crippen LogP contribution in [0.25, 0.3) is 10.9 Å². The number of anilines is 2. The lowest BCUT2D eigenvalue weighted by Gasteiger charge is -2.32. The number of hydrogen-bond donors (Lipinski definition) is 2. The molecular weight excluding hydrogens is 555 g/mol. The van der Waals surface area contributed by atoms with Gasteiger partial charge in [-0.1, -0.05) is 12.0 Å². The molecule has 1 aromatic heterocycles. The number of likely N-dealkylation sites (tertiary alicyclic amines) is 1. The van der Waals surface area contributed by atoms with Gasteiger partial charge in [0.2, 0.25) is 0 Å². The Morgan fingerprint density at radius 2 is 1.88 bits per heavy atom. The maximum atomic E-state index is 13.6. The standard InChI is InChI=1S/C29H32F3N5O3S/c1-40-28-19-23(41(2,38)39)9-10-26(28)34-14-4-6-22-18-24-25(7-3-8-27(24)37(22)20-29(30,31)32)35-21-11-16-36(17-12-21)15-5-13-33/h3,7-10,18-19,21,34-35H,5,11-12,14-17,20H2,1-2H3. The van der Waals surface area contributed by atoms with Crippen molar-refractivity contribution in [3.63, 3.8) is 0 Å². The Bertz CT molecular complexity index is 1590. The summed E-state index contributed by atoms with van der Waals surface area (Å²) in [7, 11) is -2.00. The van der Waals surface area contributed by atoms with Crippen LogP contribution in [0.2, 0.25) is 0 Å². The topological polar surface area (TPSA) is 99.4 Å². The number of aromatic nitrogens is 1. The summed E-state index contributed by atoms with van der Waals surface area (Å²) in [6.45, 7) is 1.38. The molecule has 2 heterocycles. The van der Waals surface area contributed by atoms with E-state index in [9.17, 15) is 21.6 Å². The minimum Gasteiger partial charge on any atom is -0.495 e. The molecule has 1 fully saturated rings. The Hall–Kier alpha value is -3.87. The van der Waals surface area contributed by atoms with E-state index in [1.54, 1.807) is 24.3 Å². The fourth-order valence-corrected chi connectivity index (χ4v) is 5.55. The van der Waals surface area contributed by atoms with Gasteiger partial charge in [-0.3, -0.25) is 0 Å². The number of nitrogens with zero attached hydrogens (tertiary/aromatic N) is 3. The van der Waals surface area contributed by atoms with E-state index < -0.39 is 22.6 Å². The van der Waals surface area contributed by atoms with Crippen molar-refractivity contribution in [3.8, 4) is 23.7 Å². The molecular formula is C29H32F3N5O3S. The molecule has 0 radical (unpaired) electrons. The van der Waals surface area contributed by atoms with Crippen LogP contribution in [0.4, 0.5) is 24.5 Å². The molecule has 0 aliphatic carbocycles. The lowest BCUT2D eigenvalue weighted by atomic mass is 10.0. The first-order chi connectivity index (χ1) is 19.5. The van der Waals surface area contributed by atoms with E-state index in [0.717, 1.165) is 44.4 Å². The van der Waals surface area contributed by atoms with Crippen LogP contribution in [0, 0.1) is 23.2 Å². The first-order valence-corrected chi connectivity index (χ1v) is 15.0. The van der Waals surface area contributed by atoms with Crippen molar-refractivity contribution >= 4 is 32.1 Å². The summed E-state index contributed by atoms with van der Waals surface area (Å²) in [6, 6.07) is 13.7. The summed E-state index contributed by atoms with van der Waals surface area (Å²) in [4.78, 5) is 2.36. The average Bonchev–Trinajstić information content (AvgIpc) is 3.26. The van der Waals surface area contributed by atoms with Gasteiger partial charge in [0, 0.05) is 55.5 Å². The van der Waals surface area contributed by atoms with Crippen LogP contribution < -0.4 is 15.4 Å². The van der Waals surface area contributed by atoms with E-state index in [1.807, 2.05) is 6.07 Å². The van der Waals surface area contributed by atoms with Gasteiger partial charge in [0.05, 0.1) is 41.5 Å². The van der Waals surface area contributed by atoms with Crippen LogP contribution in [0.15, 0.2) is 47.4 Å². The number of benzene rings is 2. The van der Waals surface area contributed by atoms with Gasteiger partial charge in [-0.05, 0) is 49.1 Å². The first kappa shape index (κ1) is 30.1. The molecule has 0 spiro atoms. The molecule has 0 unspecified atom stereocenters. The first-order valence-electron chi connectivity index (χ1n) is 13.1. The smallest absolute Gasteiger partial charge is 0.406 e. The van der Waals surface area contributed by atoms with Gasteiger partial charge in [-0.2, -0.15) is 18.4 Å². The number of alkyl halides is 3. The maximum absolute atomic E-state index is 13.6. The highest BCUT2D eigenvalue weighted by molar-refractivity contribution is 7.90. The van der Waals surface area contributed by atoms with Crippen molar-refractivity contribution in [3.05, 3.63) is 48.2 Å².